The van der Waals surface area contributed by atoms with E-state index in [2.05, 4.69) is 10.3 Å². The van der Waals surface area contributed by atoms with Crippen LogP contribution in [-0.2, 0) is 17.6 Å². The first-order valence-electron chi connectivity index (χ1n) is 8.15. The number of hydrogen-bond donors (Lipinski definition) is 3. The number of aryl methyl sites for hydroxylation is 2. The Balaban J connectivity index is 1.88. The molecule has 0 spiro atoms. The van der Waals surface area contributed by atoms with Crippen LogP contribution in [0.4, 0.5) is 5.69 Å². The van der Waals surface area contributed by atoms with Gasteiger partial charge in [0.25, 0.3) is 5.91 Å². The van der Waals surface area contributed by atoms with Crippen LogP contribution in [0.1, 0.15) is 51.3 Å². The number of anilines is 1. The van der Waals surface area contributed by atoms with E-state index in [1.807, 2.05) is 25.1 Å². The summed E-state index contributed by atoms with van der Waals surface area (Å²) in [5, 5.41) is 12.5. The van der Waals surface area contributed by atoms with E-state index in [4.69, 9.17) is 0 Å². The summed E-state index contributed by atoms with van der Waals surface area (Å²) >= 11 is 0. The second kappa shape index (κ2) is 5.37. The number of aromatic carboxylic acids is 1. The van der Waals surface area contributed by atoms with Crippen LogP contribution in [0, 0.1) is 6.92 Å². The molecule has 1 aromatic carbocycles. The maximum absolute atomic E-state index is 12.3. The standard InChI is InChI=1S/C19H18N2O3/c1-10-6-7-15-12(8-10)13(18(22)21-15)9-16-17(19(23)24)11-4-2-3-5-14(11)20-16/h6-9,20H,2-5H2,1H3,(H,21,22)(H,23,24). The van der Waals surface area contributed by atoms with Crippen molar-refractivity contribution in [2.24, 2.45) is 0 Å². The van der Waals surface area contributed by atoms with Crippen molar-refractivity contribution in [3.05, 3.63) is 51.8 Å². The first kappa shape index (κ1) is 14.8. The number of aromatic amines is 1. The molecule has 0 saturated carbocycles. The number of aromatic nitrogens is 1. The lowest BCUT2D eigenvalue weighted by molar-refractivity contribution is -0.110. The Morgan fingerprint density at radius 3 is 2.83 bits per heavy atom. The van der Waals surface area contributed by atoms with Crippen molar-refractivity contribution < 1.29 is 14.7 Å². The molecule has 0 atom stereocenters. The summed E-state index contributed by atoms with van der Waals surface area (Å²) in [5.41, 5.74) is 5.88. The molecule has 1 aliphatic carbocycles. The fourth-order valence-corrected chi connectivity index (χ4v) is 3.65. The number of H-pyrrole nitrogens is 1. The number of hydrogen-bond acceptors (Lipinski definition) is 2. The zero-order chi connectivity index (χ0) is 16.8. The Kier molecular flexibility index (Phi) is 3.30. The minimum atomic E-state index is -0.941. The summed E-state index contributed by atoms with van der Waals surface area (Å²) < 4.78 is 0. The van der Waals surface area contributed by atoms with E-state index in [0.717, 1.165) is 53.8 Å². The Labute approximate surface area is 139 Å². The lowest BCUT2D eigenvalue weighted by Crippen LogP contribution is -2.07. The molecule has 2 aliphatic rings. The molecule has 2 aromatic rings. The average Bonchev–Trinajstić information content (AvgIpc) is 3.06. The largest absolute Gasteiger partial charge is 0.478 e. The van der Waals surface area contributed by atoms with Gasteiger partial charge in [-0.2, -0.15) is 0 Å². The minimum absolute atomic E-state index is 0.195. The molecule has 2 heterocycles. The van der Waals surface area contributed by atoms with Crippen LogP contribution in [-0.4, -0.2) is 22.0 Å². The molecular formula is C19H18N2O3. The lowest BCUT2D eigenvalue weighted by atomic mass is 9.94. The SMILES string of the molecule is Cc1ccc2c(c1)C(=Cc1[nH]c3c(c1C(=O)O)CCCC3)C(=O)N2. The molecule has 1 amide bonds. The van der Waals surface area contributed by atoms with Crippen molar-refractivity contribution in [3.8, 4) is 0 Å². The molecule has 0 saturated heterocycles. The third kappa shape index (κ3) is 2.24. The highest BCUT2D eigenvalue weighted by atomic mass is 16.4. The van der Waals surface area contributed by atoms with Crippen LogP contribution in [0.15, 0.2) is 18.2 Å². The van der Waals surface area contributed by atoms with Gasteiger partial charge in [0.05, 0.1) is 16.8 Å². The summed E-state index contributed by atoms with van der Waals surface area (Å²) in [6.45, 7) is 1.97. The van der Waals surface area contributed by atoms with Gasteiger partial charge >= 0.3 is 5.97 Å². The fourth-order valence-electron chi connectivity index (χ4n) is 3.65. The molecule has 0 fully saturated rings. The fraction of sp³-hybridized carbons (Fsp3) is 0.263. The zero-order valence-electron chi connectivity index (χ0n) is 13.4. The number of rotatable bonds is 2. The molecule has 1 aliphatic heterocycles. The Bertz CT molecular complexity index is 906. The summed E-state index contributed by atoms with van der Waals surface area (Å²) in [7, 11) is 0. The normalized spacial score (nSPS) is 17.5. The van der Waals surface area contributed by atoms with Crippen molar-refractivity contribution in [1.29, 1.82) is 0 Å². The van der Waals surface area contributed by atoms with Gasteiger partial charge in [-0.1, -0.05) is 11.6 Å². The molecule has 4 rings (SSSR count). The van der Waals surface area contributed by atoms with Crippen LogP contribution in [0.5, 0.6) is 0 Å². The highest BCUT2D eigenvalue weighted by molar-refractivity contribution is 6.35. The predicted molar refractivity (Wildman–Crippen MR) is 92.1 cm³/mol. The van der Waals surface area contributed by atoms with Gasteiger partial charge in [-0.05, 0) is 56.4 Å². The van der Waals surface area contributed by atoms with Crippen molar-refractivity contribution in [3.63, 3.8) is 0 Å². The average molecular weight is 322 g/mol. The molecule has 5 nitrogen and oxygen atoms in total. The Morgan fingerprint density at radius 1 is 1.25 bits per heavy atom. The second-order valence-electron chi connectivity index (χ2n) is 6.44. The van der Waals surface area contributed by atoms with Gasteiger partial charge in [0.15, 0.2) is 0 Å². The van der Waals surface area contributed by atoms with Gasteiger partial charge in [-0.15, -0.1) is 0 Å². The molecule has 0 unspecified atom stereocenters. The lowest BCUT2D eigenvalue weighted by Gasteiger charge is -2.10. The highest BCUT2D eigenvalue weighted by Gasteiger charge is 2.28. The summed E-state index contributed by atoms with van der Waals surface area (Å²) in [6, 6.07) is 5.77. The second-order valence-corrected chi connectivity index (χ2v) is 6.44. The molecule has 0 bridgehead atoms. The van der Waals surface area contributed by atoms with E-state index >= 15 is 0 Å². The number of carbonyl (C=O) groups excluding carboxylic acids is 1. The van der Waals surface area contributed by atoms with Crippen molar-refractivity contribution in [1.82, 2.24) is 4.98 Å². The quantitative estimate of drug-likeness (QED) is 0.741. The maximum atomic E-state index is 12.3. The van der Waals surface area contributed by atoms with Gasteiger partial charge in [0, 0.05) is 16.9 Å². The highest BCUT2D eigenvalue weighted by Crippen LogP contribution is 2.35. The van der Waals surface area contributed by atoms with Crippen molar-refractivity contribution in [2.75, 3.05) is 5.32 Å². The van der Waals surface area contributed by atoms with Crippen LogP contribution >= 0.6 is 0 Å². The van der Waals surface area contributed by atoms with E-state index in [0.29, 0.717) is 16.8 Å². The van der Waals surface area contributed by atoms with Gasteiger partial charge in [0.1, 0.15) is 0 Å². The van der Waals surface area contributed by atoms with Crippen LogP contribution in [0.25, 0.3) is 11.6 Å². The number of nitrogens with one attached hydrogen (secondary N) is 2. The van der Waals surface area contributed by atoms with E-state index in [9.17, 15) is 14.7 Å². The Hall–Kier alpha value is -2.82. The number of fused-ring (bicyclic) bond motifs is 2. The topological polar surface area (TPSA) is 82.2 Å². The van der Waals surface area contributed by atoms with E-state index in [1.165, 1.54) is 0 Å². The molecule has 5 heteroatoms. The summed E-state index contributed by atoms with van der Waals surface area (Å²) in [5.74, 6) is -1.14. The third-order valence-electron chi connectivity index (χ3n) is 4.79. The first-order chi connectivity index (χ1) is 11.5. The van der Waals surface area contributed by atoms with E-state index in [-0.39, 0.29) is 5.91 Å². The number of carbonyl (C=O) groups is 2. The molecule has 122 valence electrons. The molecule has 3 N–H and O–H groups in total. The summed E-state index contributed by atoms with van der Waals surface area (Å²) in [4.78, 5) is 27.3. The molecule has 1 aromatic heterocycles. The monoisotopic (exact) mass is 322 g/mol. The molecule has 0 radical (unpaired) electrons. The van der Waals surface area contributed by atoms with Gasteiger partial charge in [-0.25, -0.2) is 4.79 Å². The summed E-state index contributed by atoms with van der Waals surface area (Å²) in [6.07, 6.45) is 5.39. The van der Waals surface area contributed by atoms with Gasteiger partial charge in [0.2, 0.25) is 0 Å². The van der Waals surface area contributed by atoms with E-state index < -0.39 is 5.97 Å². The minimum Gasteiger partial charge on any atom is -0.478 e. The number of carboxylic acid groups (broad SMARTS) is 1. The number of benzene rings is 1. The first-order valence-corrected chi connectivity index (χ1v) is 8.15. The van der Waals surface area contributed by atoms with Crippen molar-refractivity contribution in [2.45, 2.75) is 32.6 Å². The number of carboxylic acids is 1. The number of amides is 1. The van der Waals surface area contributed by atoms with Crippen LogP contribution in [0.2, 0.25) is 0 Å². The zero-order valence-corrected chi connectivity index (χ0v) is 13.4. The van der Waals surface area contributed by atoms with Gasteiger partial charge in [-0.3, -0.25) is 4.79 Å². The van der Waals surface area contributed by atoms with Crippen LogP contribution in [0.3, 0.4) is 0 Å². The van der Waals surface area contributed by atoms with E-state index in [1.54, 1.807) is 6.08 Å². The predicted octanol–water partition coefficient (Wildman–Crippen LogP) is 3.39. The smallest absolute Gasteiger partial charge is 0.338 e. The molecular weight excluding hydrogens is 304 g/mol. The third-order valence-corrected chi connectivity index (χ3v) is 4.79. The Morgan fingerprint density at radius 2 is 2.04 bits per heavy atom. The van der Waals surface area contributed by atoms with Crippen LogP contribution < -0.4 is 5.32 Å². The van der Waals surface area contributed by atoms with Gasteiger partial charge < -0.3 is 15.4 Å². The van der Waals surface area contributed by atoms with Crippen molar-refractivity contribution >= 4 is 29.2 Å². The maximum Gasteiger partial charge on any atom is 0.338 e. The molecule has 24 heavy (non-hydrogen) atoms.